The van der Waals surface area contributed by atoms with Crippen LogP contribution in [0.1, 0.15) is 29.2 Å². The number of ether oxygens (including phenoxy) is 1. The zero-order valence-electron chi connectivity index (χ0n) is 12.2. The molecular weight excluding hydrogens is 272 g/mol. The van der Waals surface area contributed by atoms with E-state index in [4.69, 9.17) is 16.3 Å². The maximum Gasteiger partial charge on any atom is 0.137 e. The molecule has 0 radical (unpaired) electrons. The summed E-state index contributed by atoms with van der Waals surface area (Å²) in [5, 5.41) is 11.5. The molecule has 0 spiro atoms. The minimum Gasteiger partial charge on any atom is -0.495 e. The number of halogens is 1. The Kier molecular flexibility index (Phi) is 4.07. The number of aliphatic hydroxyl groups is 1. The first kappa shape index (κ1) is 14.9. The normalized spacial score (nSPS) is 13.9. The molecule has 1 atom stereocenters. The Morgan fingerprint density at radius 3 is 2.15 bits per heavy atom. The fourth-order valence-electron chi connectivity index (χ4n) is 2.38. The number of aryl methyl sites for hydroxylation is 2. The number of hydrogen-bond acceptors (Lipinski definition) is 2. The van der Waals surface area contributed by atoms with E-state index in [9.17, 15) is 5.11 Å². The molecule has 20 heavy (non-hydrogen) atoms. The fraction of sp³-hybridized carbons (Fsp3) is 0.294. The van der Waals surface area contributed by atoms with Crippen LogP contribution in [-0.4, -0.2) is 12.2 Å². The number of benzene rings is 2. The first-order valence-electron chi connectivity index (χ1n) is 6.50. The van der Waals surface area contributed by atoms with E-state index in [-0.39, 0.29) is 0 Å². The average Bonchev–Trinajstić information content (AvgIpc) is 2.37. The zero-order valence-corrected chi connectivity index (χ0v) is 13.0. The van der Waals surface area contributed by atoms with Crippen molar-refractivity contribution in [1.29, 1.82) is 0 Å². The van der Waals surface area contributed by atoms with Crippen molar-refractivity contribution < 1.29 is 9.84 Å². The summed E-state index contributed by atoms with van der Waals surface area (Å²) in [5.74, 6) is 0.564. The summed E-state index contributed by atoms with van der Waals surface area (Å²) in [4.78, 5) is 0. The molecule has 2 nitrogen and oxygen atoms in total. The van der Waals surface area contributed by atoms with Crippen LogP contribution in [0.3, 0.4) is 0 Å². The molecule has 0 heterocycles. The molecule has 0 aliphatic heterocycles. The largest absolute Gasteiger partial charge is 0.495 e. The smallest absolute Gasteiger partial charge is 0.137 e. The molecule has 3 heteroatoms. The van der Waals surface area contributed by atoms with Crippen molar-refractivity contribution in [3.63, 3.8) is 0 Å². The highest BCUT2D eigenvalue weighted by Crippen LogP contribution is 2.35. The molecule has 0 aliphatic rings. The van der Waals surface area contributed by atoms with E-state index in [1.807, 2.05) is 32.0 Å². The fourth-order valence-corrected chi connectivity index (χ4v) is 2.58. The lowest BCUT2D eigenvalue weighted by Gasteiger charge is -2.26. The lowest BCUT2D eigenvalue weighted by Crippen LogP contribution is -2.23. The first-order chi connectivity index (χ1) is 9.34. The van der Waals surface area contributed by atoms with Gasteiger partial charge in [-0.05, 0) is 44.0 Å². The molecule has 0 aliphatic carbocycles. The molecule has 0 saturated heterocycles. The Morgan fingerprint density at radius 2 is 1.60 bits per heavy atom. The molecule has 2 rings (SSSR count). The molecule has 2 aromatic carbocycles. The van der Waals surface area contributed by atoms with Gasteiger partial charge in [-0.1, -0.05) is 47.0 Å². The van der Waals surface area contributed by atoms with Crippen LogP contribution in [0.5, 0.6) is 5.75 Å². The molecule has 0 bridgehead atoms. The van der Waals surface area contributed by atoms with Crippen LogP contribution in [-0.2, 0) is 5.60 Å². The SMILES string of the molecule is COc1cc(C(C)(O)c2cc(C)cc(C)c2)ccc1Cl. The van der Waals surface area contributed by atoms with Gasteiger partial charge in [0.15, 0.2) is 0 Å². The van der Waals surface area contributed by atoms with Gasteiger partial charge in [-0.15, -0.1) is 0 Å². The van der Waals surface area contributed by atoms with Crippen LogP contribution < -0.4 is 4.74 Å². The molecule has 0 amide bonds. The summed E-state index contributed by atoms with van der Waals surface area (Å²) in [6.45, 7) is 5.83. The van der Waals surface area contributed by atoms with Gasteiger partial charge in [0.1, 0.15) is 11.4 Å². The minimum absolute atomic E-state index is 0.535. The van der Waals surface area contributed by atoms with Crippen molar-refractivity contribution in [3.05, 3.63) is 63.7 Å². The lowest BCUT2D eigenvalue weighted by atomic mass is 9.86. The molecule has 106 valence electrons. The van der Waals surface area contributed by atoms with Crippen molar-refractivity contribution in [2.75, 3.05) is 7.11 Å². The Balaban J connectivity index is 2.53. The van der Waals surface area contributed by atoms with Crippen molar-refractivity contribution >= 4 is 11.6 Å². The van der Waals surface area contributed by atoms with Crippen molar-refractivity contribution in [1.82, 2.24) is 0 Å². The Hall–Kier alpha value is -1.51. The standard InChI is InChI=1S/C17H19ClO2/c1-11-7-12(2)9-14(8-11)17(3,19)13-5-6-15(18)16(10-13)20-4/h5-10,19H,1-4H3. The van der Waals surface area contributed by atoms with Crippen LogP contribution in [0.25, 0.3) is 0 Å². The van der Waals surface area contributed by atoms with Crippen LogP contribution in [0, 0.1) is 13.8 Å². The van der Waals surface area contributed by atoms with E-state index in [0.29, 0.717) is 10.8 Å². The second-order valence-electron chi connectivity index (χ2n) is 5.30. The van der Waals surface area contributed by atoms with Gasteiger partial charge in [0.05, 0.1) is 12.1 Å². The van der Waals surface area contributed by atoms with Gasteiger partial charge in [0.2, 0.25) is 0 Å². The Bertz CT molecular complexity index is 613. The third-order valence-corrected chi connectivity index (χ3v) is 3.81. The summed E-state index contributed by atoms with van der Waals surface area (Å²) in [7, 11) is 1.57. The van der Waals surface area contributed by atoms with Crippen molar-refractivity contribution in [2.24, 2.45) is 0 Å². The molecular formula is C17H19ClO2. The van der Waals surface area contributed by atoms with E-state index < -0.39 is 5.60 Å². The summed E-state index contributed by atoms with van der Waals surface area (Å²) in [6.07, 6.45) is 0. The van der Waals surface area contributed by atoms with Gasteiger partial charge in [0, 0.05) is 0 Å². The molecule has 1 unspecified atom stereocenters. The highest BCUT2D eigenvalue weighted by molar-refractivity contribution is 6.32. The lowest BCUT2D eigenvalue weighted by molar-refractivity contribution is 0.102. The average molecular weight is 291 g/mol. The third kappa shape index (κ3) is 2.82. The maximum absolute atomic E-state index is 10.9. The van der Waals surface area contributed by atoms with Gasteiger partial charge in [-0.2, -0.15) is 0 Å². The highest BCUT2D eigenvalue weighted by Gasteiger charge is 2.27. The summed E-state index contributed by atoms with van der Waals surface area (Å²) in [6, 6.07) is 11.4. The van der Waals surface area contributed by atoms with Crippen LogP contribution in [0.4, 0.5) is 0 Å². The van der Waals surface area contributed by atoms with E-state index in [1.165, 1.54) is 0 Å². The Morgan fingerprint density at radius 1 is 1.00 bits per heavy atom. The second-order valence-corrected chi connectivity index (χ2v) is 5.71. The first-order valence-corrected chi connectivity index (χ1v) is 6.87. The van der Waals surface area contributed by atoms with Crippen molar-refractivity contribution in [3.8, 4) is 5.75 Å². The molecule has 2 aromatic rings. The van der Waals surface area contributed by atoms with E-state index in [1.54, 1.807) is 26.2 Å². The monoisotopic (exact) mass is 290 g/mol. The maximum atomic E-state index is 10.9. The van der Waals surface area contributed by atoms with E-state index in [2.05, 4.69) is 6.07 Å². The second kappa shape index (κ2) is 5.47. The third-order valence-electron chi connectivity index (χ3n) is 3.50. The summed E-state index contributed by atoms with van der Waals surface area (Å²) < 4.78 is 5.22. The van der Waals surface area contributed by atoms with Crippen molar-refractivity contribution in [2.45, 2.75) is 26.4 Å². The minimum atomic E-state index is -1.09. The van der Waals surface area contributed by atoms with Gasteiger partial charge in [-0.3, -0.25) is 0 Å². The van der Waals surface area contributed by atoms with E-state index in [0.717, 1.165) is 22.3 Å². The molecule has 0 saturated carbocycles. The highest BCUT2D eigenvalue weighted by atomic mass is 35.5. The topological polar surface area (TPSA) is 29.5 Å². The number of rotatable bonds is 3. The summed E-state index contributed by atoms with van der Waals surface area (Å²) in [5.41, 5.74) is 2.78. The van der Waals surface area contributed by atoms with E-state index >= 15 is 0 Å². The van der Waals surface area contributed by atoms with Gasteiger partial charge < -0.3 is 9.84 Å². The number of methoxy groups -OCH3 is 1. The Labute approximate surface area is 125 Å². The van der Waals surface area contributed by atoms with Gasteiger partial charge >= 0.3 is 0 Å². The predicted octanol–water partition coefficient (Wildman–Crippen LogP) is 4.22. The van der Waals surface area contributed by atoms with Crippen LogP contribution in [0.2, 0.25) is 5.02 Å². The predicted molar refractivity (Wildman–Crippen MR) is 82.6 cm³/mol. The van der Waals surface area contributed by atoms with Gasteiger partial charge in [0.25, 0.3) is 0 Å². The summed E-state index contributed by atoms with van der Waals surface area (Å²) >= 11 is 6.04. The molecule has 0 fully saturated rings. The van der Waals surface area contributed by atoms with Gasteiger partial charge in [-0.25, -0.2) is 0 Å². The molecule has 0 aromatic heterocycles. The number of hydrogen-bond donors (Lipinski definition) is 1. The van der Waals surface area contributed by atoms with Crippen LogP contribution >= 0.6 is 11.6 Å². The zero-order chi connectivity index (χ0) is 14.9. The van der Waals surface area contributed by atoms with Crippen LogP contribution in [0.15, 0.2) is 36.4 Å². The quantitative estimate of drug-likeness (QED) is 0.917. The molecule has 1 N–H and O–H groups in total.